The highest BCUT2D eigenvalue weighted by Gasteiger charge is 2.22. The molecule has 1 aromatic rings. The molecule has 0 spiro atoms. The molecule has 1 aromatic carbocycles. The number of hydrogen-bond acceptors (Lipinski definition) is 2. The summed E-state index contributed by atoms with van der Waals surface area (Å²) in [5.41, 5.74) is 0. The monoisotopic (exact) mass is 196 g/mol. The van der Waals surface area contributed by atoms with Crippen molar-refractivity contribution in [1.82, 2.24) is 0 Å². The summed E-state index contributed by atoms with van der Waals surface area (Å²) in [6.07, 6.45) is 4.94. The molecule has 0 nitrogen and oxygen atoms in total. The Morgan fingerprint density at radius 3 is 2.17 bits per heavy atom. The van der Waals surface area contributed by atoms with Crippen LogP contribution in [0.3, 0.4) is 0 Å². The maximum Gasteiger partial charge on any atom is 0.00952 e. The first-order valence-electron chi connectivity index (χ1n) is 4.19. The molecule has 0 unspecified atom stereocenters. The Kier molecular flexibility index (Phi) is 2.66. The van der Waals surface area contributed by atoms with E-state index in [1.807, 2.05) is 11.8 Å². The number of rotatable bonds is 3. The molecule has 0 radical (unpaired) electrons. The van der Waals surface area contributed by atoms with E-state index >= 15 is 0 Å². The maximum absolute atomic E-state index is 2.23. The molecule has 0 atom stereocenters. The van der Waals surface area contributed by atoms with Gasteiger partial charge in [0.2, 0.25) is 0 Å². The third kappa shape index (κ3) is 2.20. The lowest BCUT2D eigenvalue weighted by atomic mass is 10.4. The molecule has 1 saturated carbocycles. The Balaban J connectivity index is 2.02. The van der Waals surface area contributed by atoms with Gasteiger partial charge in [-0.25, -0.2) is 0 Å². The van der Waals surface area contributed by atoms with Gasteiger partial charge in [-0.1, -0.05) is 0 Å². The highest BCUT2D eigenvalue weighted by molar-refractivity contribution is 8.00. The molecule has 0 N–H and O–H groups in total. The standard InChI is InChI=1S/C10H12S2/c1-11-8-2-4-9(5-3-8)12-10-6-7-10/h2-5,10H,6-7H2,1H3. The van der Waals surface area contributed by atoms with Gasteiger partial charge in [0.1, 0.15) is 0 Å². The molecule has 1 fully saturated rings. The van der Waals surface area contributed by atoms with Crippen molar-refractivity contribution >= 4 is 23.5 Å². The van der Waals surface area contributed by atoms with Crippen molar-refractivity contribution in [3.05, 3.63) is 24.3 Å². The van der Waals surface area contributed by atoms with Crippen LogP contribution in [0.2, 0.25) is 0 Å². The quantitative estimate of drug-likeness (QED) is 0.677. The first-order chi connectivity index (χ1) is 5.88. The van der Waals surface area contributed by atoms with Crippen molar-refractivity contribution in [1.29, 1.82) is 0 Å². The molecule has 2 heteroatoms. The molecular weight excluding hydrogens is 184 g/mol. The van der Waals surface area contributed by atoms with Crippen molar-refractivity contribution in [3.8, 4) is 0 Å². The van der Waals surface area contributed by atoms with Crippen molar-refractivity contribution in [2.75, 3.05) is 6.26 Å². The van der Waals surface area contributed by atoms with Crippen LogP contribution in [0.4, 0.5) is 0 Å². The minimum Gasteiger partial charge on any atom is -0.130 e. The number of thioether (sulfide) groups is 2. The molecular formula is C10H12S2. The van der Waals surface area contributed by atoms with E-state index < -0.39 is 0 Å². The normalized spacial score (nSPS) is 16.4. The van der Waals surface area contributed by atoms with Gasteiger partial charge >= 0.3 is 0 Å². The van der Waals surface area contributed by atoms with E-state index in [0.717, 1.165) is 5.25 Å². The van der Waals surface area contributed by atoms with Gasteiger partial charge in [0.25, 0.3) is 0 Å². The largest absolute Gasteiger partial charge is 0.130 e. The maximum atomic E-state index is 2.23. The molecule has 0 bridgehead atoms. The Bertz CT molecular complexity index is 249. The summed E-state index contributed by atoms with van der Waals surface area (Å²) in [6, 6.07) is 8.87. The Morgan fingerprint density at radius 1 is 1.08 bits per heavy atom. The third-order valence-electron chi connectivity index (χ3n) is 1.89. The van der Waals surface area contributed by atoms with Crippen LogP contribution < -0.4 is 0 Å². The summed E-state index contributed by atoms with van der Waals surface area (Å²) in [4.78, 5) is 2.78. The van der Waals surface area contributed by atoms with Gasteiger partial charge in [-0.05, 0) is 43.4 Å². The van der Waals surface area contributed by atoms with Gasteiger partial charge in [0, 0.05) is 15.0 Å². The minimum atomic E-state index is 0.921. The SMILES string of the molecule is CSc1ccc(SC2CC2)cc1. The zero-order valence-electron chi connectivity index (χ0n) is 7.12. The lowest BCUT2D eigenvalue weighted by molar-refractivity contribution is 1.34. The summed E-state index contributed by atoms with van der Waals surface area (Å²) >= 11 is 3.82. The van der Waals surface area contributed by atoms with E-state index in [-0.39, 0.29) is 0 Å². The highest BCUT2D eigenvalue weighted by Crippen LogP contribution is 2.39. The lowest BCUT2D eigenvalue weighted by Crippen LogP contribution is -1.75. The molecule has 1 aliphatic carbocycles. The smallest absolute Gasteiger partial charge is 0.00952 e. The van der Waals surface area contributed by atoms with E-state index in [4.69, 9.17) is 0 Å². The molecule has 1 aliphatic rings. The van der Waals surface area contributed by atoms with Gasteiger partial charge < -0.3 is 0 Å². The first-order valence-corrected chi connectivity index (χ1v) is 6.29. The highest BCUT2D eigenvalue weighted by atomic mass is 32.2. The van der Waals surface area contributed by atoms with Crippen LogP contribution in [0.1, 0.15) is 12.8 Å². The average Bonchev–Trinajstić information content (AvgIpc) is 2.90. The molecule has 0 aromatic heterocycles. The fourth-order valence-corrected chi connectivity index (χ4v) is 2.49. The predicted molar refractivity (Wildman–Crippen MR) is 57.1 cm³/mol. The molecule has 64 valence electrons. The summed E-state index contributed by atoms with van der Waals surface area (Å²) in [5.74, 6) is 0. The molecule has 0 amide bonds. The molecule has 12 heavy (non-hydrogen) atoms. The van der Waals surface area contributed by atoms with Crippen molar-refractivity contribution in [2.45, 2.75) is 27.9 Å². The van der Waals surface area contributed by atoms with Crippen LogP contribution in [0.25, 0.3) is 0 Å². The first kappa shape index (κ1) is 8.52. The lowest BCUT2D eigenvalue weighted by Gasteiger charge is -1.99. The van der Waals surface area contributed by atoms with Crippen molar-refractivity contribution in [2.24, 2.45) is 0 Å². The van der Waals surface area contributed by atoms with E-state index in [9.17, 15) is 0 Å². The van der Waals surface area contributed by atoms with Crippen LogP contribution in [0.15, 0.2) is 34.1 Å². The van der Waals surface area contributed by atoms with Crippen molar-refractivity contribution in [3.63, 3.8) is 0 Å². The Morgan fingerprint density at radius 2 is 1.67 bits per heavy atom. The van der Waals surface area contributed by atoms with Crippen LogP contribution in [0, 0.1) is 0 Å². The molecule has 0 heterocycles. The number of benzene rings is 1. The van der Waals surface area contributed by atoms with Crippen LogP contribution in [0.5, 0.6) is 0 Å². The fourth-order valence-electron chi connectivity index (χ4n) is 1.03. The minimum absolute atomic E-state index is 0.921. The van der Waals surface area contributed by atoms with Gasteiger partial charge in [-0.3, -0.25) is 0 Å². The van der Waals surface area contributed by atoms with Gasteiger partial charge in [-0.2, -0.15) is 0 Å². The fraction of sp³-hybridized carbons (Fsp3) is 0.400. The van der Waals surface area contributed by atoms with E-state index in [1.54, 1.807) is 11.8 Å². The molecule has 2 rings (SSSR count). The van der Waals surface area contributed by atoms with Crippen LogP contribution in [-0.4, -0.2) is 11.5 Å². The summed E-state index contributed by atoms with van der Waals surface area (Å²) in [6.45, 7) is 0. The van der Waals surface area contributed by atoms with Crippen LogP contribution in [-0.2, 0) is 0 Å². The van der Waals surface area contributed by atoms with Gasteiger partial charge in [0.05, 0.1) is 0 Å². The second kappa shape index (κ2) is 3.75. The summed E-state index contributed by atoms with van der Waals surface area (Å²) < 4.78 is 0. The zero-order chi connectivity index (χ0) is 8.39. The second-order valence-corrected chi connectivity index (χ2v) is 5.25. The van der Waals surface area contributed by atoms with E-state index in [1.165, 1.54) is 22.6 Å². The van der Waals surface area contributed by atoms with Gasteiger partial charge in [0.15, 0.2) is 0 Å². The second-order valence-electron chi connectivity index (χ2n) is 2.99. The van der Waals surface area contributed by atoms with E-state index in [2.05, 4.69) is 30.5 Å². The van der Waals surface area contributed by atoms with Crippen LogP contribution >= 0.6 is 23.5 Å². The third-order valence-corrected chi connectivity index (χ3v) is 3.98. The zero-order valence-corrected chi connectivity index (χ0v) is 8.75. The van der Waals surface area contributed by atoms with Gasteiger partial charge in [-0.15, -0.1) is 23.5 Å². The molecule has 0 saturated heterocycles. The predicted octanol–water partition coefficient (Wildman–Crippen LogP) is 3.66. The molecule has 0 aliphatic heterocycles. The van der Waals surface area contributed by atoms with E-state index in [0.29, 0.717) is 0 Å². The average molecular weight is 196 g/mol. The summed E-state index contributed by atoms with van der Waals surface area (Å²) in [7, 11) is 0. The topological polar surface area (TPSA) is 0 Å². The number of hydrogen-bond donors (Lipinski definition) is 0. The summed E-state index contributed by atoms with van der Waals surface area (Å²) in [5, 5.41) is 0.921. The Hall–Kier alpha value is -0.0800. The Labute approximate surface area is 82.1 Å². The van der Waals surface area contributed by atoms with Crippen molar-refractivity contribution < 1.29 is 0 Å².